The van der Waals surface area contributed by atoms with Crippen LogP contribution in [0, 0.1) is 0 Å². The molecule has 162 valence electrons. The first-order chi connectivity index (χ1) is 15.7. The molecule has 32 heavy (non-hydrogen) atoms. The molecule has 2 aromatic heterocycles. The Hall–Kier alpha value is -3.67. The molecule has 4 aromatic rings. The van der Waals surface area contributed by atoms with E-state index in [9.17, 15) is 4.79 Å². The third-order valence-electron chi connectivity index (χ3n) is 6.27. The van der Waals surface area contributed by atoms with Gasteiger partial charge in [0.25, 0.3) is 0 Å². The zero-order valence-corrected chi connectivity index (χ0v) is 18.1. The summed E-state index contributed by atoms with van der Waals surface area (Å²) in [4.78, 5) is 27.8. The topological polar surface area (TPSA) is 71.1 Å². The number of likely N-dealkylation sites (tertiary alicyclic amines) is 1. The van der Waals surface area contributed by atoms with E-state index in [0.717, 1.165) is 58.6 Å². The van der Waals surface area contributed by atoms with Gasteiger partial charge in [-0.2, -0.15) is 0 Å². The minimum atomic E-state index is 0.143. The number of aromatic amines is 1. The van der Waals surface area contributed by atoms with E-state index in [1.165, 1.54) is 0 Å². The standard InChI is InChI=1S/C26H26N4O2/c1-32-23-11-5-3-9-21(23)26-25(27-12-13-28-26)18-7-6-14-30(17-18)24(31)15-19-16-29-22-10-4-2-8-20(19)22/h2-5,8-13,16,18,29H,6-7,14-15,17H2,1H3/t18-/m1/s1. The third-order valence-corrected chi connectivity index (χ3v) is 6.27. The van der Waals surface area contributed by atoms with Crippen LogP contribution in [0.25, 0.3) is 22.2 Å². The number of carbonyl (C=O) groups is 1. The number of rotatable bonds is 5. The lowest BCUT2D eigenvalue weighted by molar-refractivity contribution is -0.131. The van der Waals surface area contributed by atoms with E-state index in [1.54, 1.807) is 19.5 Å². The lowest BCUT2D eigenvalue weighted by atomic mass is 9.91. The number of amides is 1. The highest BCUT2D eigenvalue weighted by atomic mass is 16.5. The molecule has 0 aliphatic carbocycles. The summed E-state index contributed by atoms with van der Waals surface area (Å²) < 4.78 is 5.56. The smallest absolute Gasteiger partial charge is 0.227 e. The van der Waals surface area contributed by atoms with Gasteiger partial charge in [-0.1, -0.05) is 30.3 Å². The number of methoxy groups -OCH3 is 1. The highest BCUT2D eigenvalue weighted by Gasteiger charge is 2.28. The molecular formula is C26H26N4O2. The molecule has 1 saturated heterocycles. The molecule has 3 heterocycles. The zero-order chi connectivity index (χ0) is 21.9. The van der Waals surface area contributed by atoms with Crippen molar-refractivity contribution in [3.05, 3.63) is 78.4 Å². The maximum absolute atomic E-state index is 13.2. The van der Waals surface area contributed by atoms with Gasteiger partial charge in [0, 0.05) is 54.1 Å². The van der Waals surface area contributed by atoms with Crippen LogP contribution < -0.4 is 4.74 Å². The van der Waals surface area contributed by atoms with Crippen LogP contribution in [0.15, 0.2) is 67.1 Å². The predicted octanol–water partition coefficient (Wildman–Crippen LogP) is 4.58. The van der Waals surface area contributed by atoms with Gasteiger partial charge in [0.2, 0.25) is 5.91 Å². The van der Waals surface area contributed by atoms with Gasteiger partial charge in [-0.15, -0.1) is 0 Å². The Morgan fingerprint density at radius 3 is 2.84 bits per heavy atom. The van der Waals surface area contributed by atoms with Crippen molar-refractivity contribution >= 4 is 16.8 Å². The molecule has 2 aromatic carbocycles. The molecule has 1 aliphatic rings. The molecule has 1 N–H and O–H groups in total. The fourth-order valence-corrected chi connectivity index (χ4v) is 4.67. The summed E-state index contributed by atoms with van der Waals surface area (Å²) in [5.41, 5.74) is 4.80. The van der Waals surface area contributed by atoms with Crippen molar-refractivity contribution in [2.75, 3.05) is 20.2 Å². The fraction of sp³-hybridized carbons (Fsp3) is 0.269. The van der Waals surface area contributed by atoms with Crippen molar-refractivity contribution in [1.29, 1.82) is 0 Å². The molecule has 5 rings (SSSR count). The normalized spacial score (nSPS) is 16.3. The number of nitrogens with zero attached hydrogens (tertiary/aromatic N) is 3. The largest absolute Gasteiger partial charge is 0.496 e. The van der Waals surface area contributed by atoms with Crippen LogP contribution in [0.2, 0.25) is 0 Å². The Kier molecular flexibility index (Phi) is 5.58. The van der Waals surface area contributed by atoms with Crippen LogP contribution >= 0.6 is 0 Å². The first-order valence-electron chi connectivity index (χ1n) is 11.0. The van der Waals surface area contributed by atoms with Crippen molar-refractivity contribution in [2.24, 2.45) is 0 Å². The van der Waals surface area contributed by atoms with Crippen LogP contribution in [-0.4, -0.2) is 46.0 Å². The van der Waals surface area contributed by atoms with Gasteiger partial charge >= 0.3 is 0 Å². The molecule has 6 nitrogen and oxygen atoms in total. The predicted molar refractivity (Wildman–Crippen MR) is 125 cm³/mol. The molecular weight excluding hydrogens is 400 g/mol. The molecule has 0 unspecified atom stereocenters. The number of piperidine rings is 1. The summed E-state index contributed by atoms with van der Waals surface area (Å²) in [5, 5.41) is 1.11. The molecule has 1 aliphatic heterocycles. The summed E-state index contributed by atoms with van der Waals surface area (Å²) >= 11 is 0. The van der Waals surface area contributed by atoms with Crippen molar-refractivity contribution in [3.8, 4) is 17.0 Å². The van der Waals surface area contributed by atoms with Crippen molar-refractivity contribution < 1.29 is 9.53 Å². The molecule has 1 atom stereocenters. The quantitative estimate of drug-likeness (QED) is 0.507. The van der Waals surface area contributed by atoms with E-state index < -0.39 is 0 Å². The Bertz CT molecular complexity index is 1250. The van der Waals surface area contributed by atoms with Crippen LogP contribution in [-0.2, 0) is 11.2 Å². The summed E-state index contributed by atoms with van der Waals surface area (Å²) in [6.45, 7) is 1.43. The van der Waals surface area contributed by atoms with Gasteiger partial charge in [-0.05, 0) is 36.6 Å². The third kappa shape index (κ3) is 3.84. The number of ether oxygens (including phenoxy) is 1. The number of carbonyl (C=O) groups excluding carboxylic acids is 1. The van der Waals surface area contributed by atoms with Gasteiger partial charge < -0.3 is 14.6 Å². The second kappa shape index (κ2) is 8.83. The number of aromatic nitrogens is 3. The zero-order valence-electron chi connectivity index (χ0n) is 18.1. The second-order valence-electron chi connectivity index (χ2n) is 8.21. The van der Waals surface area contributed by atoms with E-state index >= 15 is 0 Å². The molecule has 0 radical (unpaired) electrons. The van der Waals surface area contributed by atoms with E-state index in [0.29, 0.717) is 13.0 Å². The average Bonchev–Trinajstić information content (AvgIpc) is 3.27. The van der Waals surface area contributed by atoms with Crippen molar-refractivity contribution in [1.82, 2.24) is 19.9 Å². The lowest BCUT2D eigenvalue weighted by Gasteiger charge is -2.33. The number of nitrogens with one attached hydrogen (secondary N) is 1. The fourth-order valence-electron chi connectivity index (χ4n) is 4.67. The highest BCUT2D eigenvalue weighted by molar-refractivity contribution is 5.89. The Morgan fingerprint density at radius 2 is 1.94 bits per heavy atom. The number of benzene rings is 2. The van der Waals surface area contributed by atoms with Crippen molar-refractivity contribution in [2.45, 2.75) is 25.2 Å². The summed E-state index contributed by atoms with van der Waals surface area (Å²) in [5.74, 6) is 1.07. The van der Waals surface area contributed by atoms with Crippen molar-refractivity contribution in [3.63, 3.8) is 0 Å². The number of hydrogen-bond acceptors (Lipinski definition) is 4. The lowest BCUT2D eigenvalue weighted by Crippen LogP contribution is -2.40. The maximum Gasteiger partial charge on any atom is 0.227 e. The molecule has 0 saturated carbocycles. The first kappa shape index (κ1) is 20.2. The number of H-pyrrole nitrogens is 1. The Morgan fingerprint density at radius 1 is 1.12 bits per heavy atom. The molecule has 1 fully saturated rings. The van der Waals surface area contributed by atoms with Crippen LogP contribution in [0.4, 0.5) is 0 Å². The SMILES string of the molecule is COc1ccccc1-c1nccnc1[C@@H]1CCCN(C(=O)Cc2c[nH]c3ccccc23)C1. The van der Waals surface area contributed by atoms with Gasteiger partial charge in [-0.25, -0.2) is 0 Å². The molecule has 0 spiro atoms. The van der Waals surface area contributed by atoms with Crippen LogP contribution in [0.1, 0.15) is 30.0 Å². The van der Waals surface area contributed by atoms with E-state index in [-0.39, 0.29) is 11.8 Å². The van der Waals surface area contributed by atoms with Gasteiger partial charge in [0.15, 0.2) is 0 Å². The first-order valence-corrected chi connectivity index (χ1v) is 11.0. The number of fused-ring (bicyclic) bond motifs is 1. The highest BCUT2D eigenvalue weighted by Crippen LogP contribution is 2.36. The van der Waals surface area contributed by atoms with Crippen LogP contribution in [0.5, 0.6) is 5.75 Å². The monoisotopic (exact) mass is 426 g/mol. The Labute approximate surface area is 187 Å². The Balaban J connectivity index is 1.38. The van der Waals surface area contributed by atoms with Crippen LogP contribution in [0.3, 0.4) is 0 Å². The maximum atomic E-state index is 13.2. The number of hydrogen-bond donors (Lipinski definition) is 1. The minimum Gasteiger partial charge on any atom is -0.496 e. The van der Waals surface area contributed by atoms with E-state index in [2.05, 4.69) is 16.0 Å². The molecule has 1 amide bonds. The van der Waals surface area contributed by atoms with Gasteiger partial charge in [-0.3, -0.25) is 14.8 Å². The van der Waals surface area contributed by atoms with E-state index in [4.69, 9.17) is 9.72 Å². The van der Waals surface area contributed by atoms with E-state index in [1.807, 2.05) is 53.6 Å². The number of para-hydroxylation sites is 2. The summed E-state index contributed by atoms with van der Waals surface area (Å²) in [6.07, 6.45) is 7.74. The summed E-state index contributed by atoms with van der Waals surface area (Å²) in [6, 6.07) is 16.0. The van der Waals surface area contributed by atoms with Gasteiger partial charge in [0.05, 0.1) is 24.9 Å². The molecule has 6 heteroatoms. The second-order valence-corrected chi connectivity index (χ2v) is 8.21. The van der Waals surface area contributed by atoms with Gasteiger partial charge in [0.1, 0.15) is 5.75 Å². The minimum absolute atomic E-state index is 0.143. The molecule has 0 bridgehead atoms. The average molecular weight is 427 g/mol. The summed E-state index contributed by atoms with van der Waals surface area (Å²) in [7, 11) is 1.67.